The van der Waals surface area contributed by atoms with Gasteiger partial charge < -0.3 is 5.73 Å². The third-order valence-corrected chi connectivity index (χ3v) is 6.27. The molecule has 7 heteroatoms. The van der Waals surface area contributed by atoms with Crippen molar-refractivity contribution in [2.24, 2.45) is 0 Å². The van der Waals surface area contributed by atoms with E-state index in [-0.39, 0.29) is 15.7 Å². The number of nitrogens with zero attached hydrogens (tertiary/aromatic N) is 1. The molecule has 108 valence electrons. The first kappa shape index (κ1) is 14.3. The van der Waals surface area contributed by atoms with Crippen LogP contribution in [0.5, 0.6) is 0 Å². The normalized spacial score (nSPS) is 11.9. The Balaban J connectivity index is 1.99. The molecule has 2 N–H and O–H groups in total. The lowest BCUT2D eigenvalue weighted by Gasteiger charge is -2.05. The highest BCUT2D eigenvalue weighted by molar-refractivity contribution is 7.91. The van der Waals surface area contributed by atoms with Gasteiger partial charge in [0.1, 0.15) is 10.8 Å². The maximum atomic E-state index is 12.5. The lowest BCUT2D eigenvalue weighted by Crippen LogP contribution is -2.05. The molecule has 1 aromatic heterocycles. The van der Waals surface area contributed by atoms with Crippen molar-refractivity contribution in [3.05, 3.63) is 52.5 Å². The zero-order valence-electron chi connectivity index (χ0n) is 10.8. The van der Waals surface area contributed by atoms with E-state index in [0.29, 0.717) is 10.7 Å². The van der Waals surface area contributed by atoms with Crippen LogP contribution in [-0.4, -0.2) is 13.4 Å². The predicted molar refractivity (Wildman–Crippen MR) is 86.4 cm³/mol. The molecule has 0 radical (unpaired) electrons. The molecule has 0 unspecified atom stereocenters. The Hall–Kier alpha value is -1.63. The van der Waals surface area contributed by atoms with Gasteiger partial charge in [0, 0.05) is 5.69 Å². The predicted octanol–water partition coefficient (Wildman–Crippen LogP) is 3.51. The van der Waals surface area contributed by atoms with Gasteiger partial charge in [-0.25, -0.2) is 13.4 Å². The van der Waals surface area contributed by atoms with E-state index in [4.69, 9.17) is 17.3 Å². The zero-order valence-corrected chi connectivity index (χ0v) is 13.2. The largest absolute Gasteiger partial charge is 0.399 e. The van der Waals surface area contributed by atoms with Gasteiger partial charge in [-0.15, -0.1) is 11.3 Å². The fourth-order valence-electron chi connectivity index (χ4n) is 1.99. The number of anilines is 1. The number of halogens is 1. The number of hydrogen-bond acceptors (Lipinski definition) is 5. The number of nitrogen functional groups attached to an aromatic ring is 1. The Morgan fingerprint density at radius 2 is 1.95 bits per heavy atom. The van der Waals surface area contributed by atoms with Crippen LogP contribution in [0, 0.1) is 0 Å². The van der Waals surface area contributed by atoms with Crippen LogP contribution in [0.3, 0.4) is 0 Å². The lowest BCUT2D eigenvalue weighted by atomic mass is 10.3. The maximum absolute atomic E-state index is 12.5. The number of sulfone groups is 1. The molecule has 0 aliphatic rings. The first-order chi connectivity index (χ1) is 9.95. The molecule has 3 aromatic rings. The average Bonchev–Trinajstić information content (AvgIpc) is 2.79. The molecule has 1 heterocycles. The van der Waals surface area contributed by atoms with E-state index in [0.717, 1.165) is 10.2 Å². The topological polar surface area (TPSA) is 73.1 Å². The summed E-state index contributed by atoms with van der Waals surface area (Å²) in [6.07, 6.45) is 0. The van der Waals surface area contributed by atoms with Gasteiger partial charge in [0.25, 0.3) is 0 Å². The van der Waals surface area contributed by atoms with Crippen LogP contribution < -0.4 is 5.73 Å². The Labute approximate surface area is 131 Å². The standard InChI is InChI=1S/C14H11ClN2O2S2/c15-10-7-9(16)5-6-13(10)21(18,19)8-14-17-11-3-1-2-4-12(11)20-14/h1-7H,8,16H2. The summed E-state index contributed by atoms with van der Waals surface area (Å²) >= 11 is 7.35. The summed E-state index contributed by atoms with van der Waals surface area (Å²) in [7, 11) is -3.55. The van der Waals surface area contributed by atoms with Crippen molar-refractivity contribution < 1.29 is 8.42 Å². The highest BCUT2D eigenvalue weighted by atomic mass is 35.5. The number of aromatic nitrogens is 1. The van der Waals surface area contributed by atoms with Crippen LogP contribution in [0.25, 0.3) is 10.2 Å². The second-order valence-electron chi connectivity index (χ2n) is 4.52. The molecular formula is C14H11ClN2O2S2. The van der Waals surface area contributed by atoms with Crippen LogP contribution in [-0.2, 0) is 15.6 Å². The van der Waals surface area contributed by atoms with Crippen molar-refractivity contribution in [1.29, 1.82) is 0 Å². The van der Waals surface area contributed by atoms with Gasteiger partial charge in [0.05, 0.1) is 20.1 Å². The van der Waals surface area contributed by atoms with E-state index in [1.54, 1.807) is 0 Å². The summed E-state index contributed by atoms with van der Waals surface area (Å²) < 4.78 is 25.9. The molecule has 21 heavy (non-hydrogen) atoms. The van der Waals surface area contributed by atoms with Crippen molar-refractivity contribution in [1.82, 2.24) is 4.98 Å². The third-order valence-electron chi connectivity index (χ3n) is 2.94. The number of para-hydroxylation sites is 1. The van der Waals surface area contributed by atoms with E-state index in [1.807, 2.05) is 24.3 Å². The minimum absolute atomic E-state index is 0.0811. The minimum atomic E-state index is -3.55. The van der Waals surface area contributed by atoms with E-state index in [9.17, 15) is 8.42 Å². The third kappa shape index (κ3) is 2.88. The molecule has 0 aliphatic carbocycles. The molecule has 0 spiro atoms. The van der Waals surface area contributed by atoms with Gasteiger partial charge in [0.15, 0.2) is 9.84 Å². The molecule has 2 aromatic carbocycles. The van der Waals surface area contributed by atoms with E-state index >= 15 is 0 Å². The average molecular weight is 339 g/mol. The van der Waals surface area contributed by atoms with Gasteiger partial charge in [-0.1, -0.05) is 23.7 Å². The van der Waals surface area contributed by atoms with Crippen LogP contribution in [0.1, 0.15) is 5.01 Å². The molecule has 3 rings (SSSR count). The lowest BCUT2D eigenvalue weighted by molar-refractivity contribution is 0.595. The molecule has 0 aliphatic heterocycles. The molecular weight excluding hydrogens is 328 g/mol. The first-order valence-corrected chi connectivity index (χ1v) is 8.92. The number of fused-ring (bicyclic) bond motifs is 1. The molecule has 4 nitrogen and oxygen atoms in total. The van der Waals surface area contributed by atoms with E-state index < -0.39 is 9.84 Å². The zero-order chi connectivity index (χ0) is 15.0. The fraction of sp³-hybridized carbons (Fsp3) is 0.0714. The Kier molecular flexibility index (Phi) is 3.61. The Bertz CT molecular complexity index is 887. The molecule has 0 fully saturated rings. The molecule has 0 saturated heterocycles. The van der Waals surface area contributed by atoms with Crippen molar-refractivity contribution in [3.8, 4) is 0 Å². The van der Waals surface area contributed by atoms with Crippen LogP contribution in [0.2, 0.25) is 5.02 Å². The van der Waals surface area contributed by atoms with Crippen molar-refractivity contribution >= 4 is 48.7 Å². The summed E-state index contributed by atoms with van der Waals surface area (Å²) in [4.78, 5) is 4.42. The molecule has 0 amide bonds. The number of thiazole rings is 1. The highest BCUT2D eigenvalue weighted by Crippen LogP contribution is 2.29. The van der Waals surface area contributed by atoms with Gasteiger partial charge >= 0.3 is 0 Å². The smallest absolute Gasteiger partial charge is 0.186 e. The summed E-state index contributed by atoms with van der Waals surface area (Å²) in [6, 6.07) is 11.9. The van der Waals surface area contributed by atoms with Crippen molar-refractivity contribution in [2.75, 3.05) is 5.73 Å². The van der Waals surface area contributed by atoms with Crippen molar-refractivity contribution in [2.45, 2.75) is 10.6 Å². The highest BCUT2D eigenvalue weighted by Gasteiger charge is 2.21. The van der Waals surface area contributed by atoms with E-state index in [2.05, 4.69) is 4.98 Å². The molecule has 0 saturated carbocycles. The van der Waals surface area contributed by atoms with Crippen molar-refractivity contribution in [3.63, 3.8) is 0 Å². The summed E-state index contributed by atoms with van der Waals surface area (Å²) in [5, 5.41) is 0.681. The Morgan fingerprint density at radius 1 is 1.19 bits per heavy atom. The maximum Gasteiger partial charge on any atom is 0.186 e. The molecule has 0 bridgehead atoms. The second-order valence-corrected chi connectivity index (χ2v) is 8.00. The number of hydrogen-bond donors (Lipinski definition) is 1. The monoisotopic (exact) mass is 338 g/mol. The van der Waals surface area contributed by atoms with Crippen LogP contribution in [0.15, 0.2) is 47.4 Å². The summed E-state index contributed by atoms with van der Waals surface area (Å²) in [5.41, 5.74) is 6.82. The fourth-order valence-corrected chi connectivity index (χ4v) is 5.17. The Morgan fingerprint density at radius 3 is 2.67 bits per heavy atom. The van der Waals surface area contributed by atoms with Gasteiger partial charge in [-0.2, -0.15) is 0 Å². The van der Waals surface area contributed by atoms with Crippen LogP contribution in [0.4, 0.5) is 5.69 Å². The minimum Gasteiger partial charge on any atom is -0.399 e. The summed E-state index contributed by atoms with van der Waals surface area (Å²) in [6.45, 7) is 0. The number of rotatable bonds is 3. The van der Waals surface area contributed by atoms with Crippen LogP contribution >= 0.6 is 22.9 Å². The van der Waals surface area contributed by atoms with Gasteiger partial charge in [-0.05, 0) is 30.3 Å². The number of nitrogens with two attached hydrogens (primary N) is 1. The SMILES string of the molecule is Nc1ccc(S(=O)(=O)Cc2nc3ccccc3s2)c(Cl)c1. The first-order valence-electron chi connectivity index (χ1n) is 6.08. The molecule has 0 atom stereocenters. The van der Waals surface area contributed by atoms with E-state index in [1.165, 1.54) is 29.5 Å². The van der Waals surface area contributed by atoms with Gasteiger partial charge in [-0.3, -0.25) is 0 Å². The number of benzene rings is 2. The summed E-state index contributed by atoms with van der Waals surface area (Å²) in [5.74, 6) is -0.171. The quantitative estimate of drug-likeness (QED) is 0.742. The second kappa shape index (κ2) is 5.29. The van der Waals surface area contributed by atoms with Gasteiger partial charge in [0.2, 0.25) is 0 Å².